The quantitative estimate of drug-likeness (QED) is 0.292. The number of rotatable bonds is 7. The second-order valence-corrected chi connectivity index (χ2v) is 8.88. The van der Waals surface area contributed by atoms with Gasteiger partial charge in [0.15, 0.2) is 0 Å². The molecule has 0 aliphatic heterocycles. The number of nitrogens with two attached hydrogens (primary N) is 1. The Morgan fingerprint density at radius 1 is 1.03 bits per heavy atom. The average molecular weight is 483 g/mol. The maximum Gasteiger partial charge on any atom is 0.250 e. The summed E-state index contributed by atoms with van der Waals surface area (Å²) in [6, 6.07) is 15.0. The fraction of sp³-hybridized carbons (Fsp3) is 0.200. The Kier molecular flexibility index (Phi) is 6.97. The molecule has 6 nitrogen and oxygen atoms in total. The highest BCUT2D eigenvalue weighted by atomic mass is 16.5. The van der Waals surface area contributed by atoms with Gasteiger partial charge in [0.1, 0.15) is 11.3 Å². The zero-order valence-corrected chi connectivity index (χ0v) is 21.2. The molecule has 0 bridgehead atoms. The van der Waals surface area contributed by atoms with Gasteiger partial charge in [-0.3, -0.25) is 9.59 Å². The molecule has 0 saturated heterocycles. The van der Waals surface area contributed by atoms with Gasteiger partial charge in [0, 0.05) is 28.2 Å². The average Bonchev–Trinajstić information content (AvgIpc) is 3.25. The minimum atomic E-state index is -0.606. The number of anilines is 1. The van der Waals surface area contributed by atoms with Crippen LogP contribution in [0.4, 0.5) is 5.69 Å². The van der Waals surface area contributed by atoms with E-state index in [4.69, 9.17) is 14.9 Å². The van der Waals surface area contributed by atoms with Gasteiger partial charge in [-0.05, 0) is 69.5 Å². The smallest absolute Gasteiger partial charge is 0.250 e. The first kappa shape index (κ1) is 24.8. The molecule has 36 heavy (non-hydrogen) atoms. The van der Waals surface area contributed by atoms with Crippen molar-refractivity contribution in [1.29, 1.82) is 0 Å². The normalized spacial score (nSPS) is 11.5. The van der Waals surface area contributed by atoms with Crippen LogP contribution in [0.1, 0.15) is 46.5 Å². The Morgan fingerprint density at radius 3 is 2.47 bits per heavy atom. The number of fused-ring (bicyclic) bond motifs is 1. The fourth-order valence-electron chi connectivity index (χ4n) is 4.51. The number of para-hydroxylation sites is 1. The number of nitrogens with one attached hydrogen (secondary N) is 1. The predicted octanol–water partition coefficient (Wildman–Crippen LogP) is 6.56. The molecule has 0 aliphatic rings. The van der Waals surface area contributed by atoms with Crippen LogP contribution in [0, 0.1) is 20.8 Å². The molecule has 0 unspecified atom stereocenters. The number of carbonyl (C=O) groups excluding carboxylic acids is 2. The van der Waals surface area contributed by atoms with Crippen LogP contribution in [0.25, 0.3) is 27.7 Å². The van der Waals surface area contributed by atoms with Crippen LogP contribution in [-0.4, -0.2) is 18.4 Å². The highest BCUT2D eigenvalue weighted by Crippen LogP contribution is 2.41. The number of allylic oxidation sites excluding steroid dienone is 1. The first-order chi connectivity index (χ1) is 17.2. The molecule has 3 N–H and O–H groups in total. The van der Waals surface area contributed by atoms with Gasteiger partial charge in [0.05, 0.1) is 24.1 Å². The molecule has 4 rings (SSSR count). The Bertz CT molecular complexity index is 1510. The summed E-state index contributed by atoms with van der Waals surface area (Å²) in [4.78, 5) is 24.6. The first-order valence-electron chi connectivity index (χ1n) is 11.8. The van der Waals surface area contributed by atoms with Crippen molar-refractivity contribution in [3.05, 3.63) is 88.7 Å². The van der Waals surface area contributed by atoms with Crippen molar-refractivity contribution in [2.24, 2.45) is 5.73 Å². The molecule has 1 aromatic heterocycles. The number of hydrogen-bond acceptors (Lipinski definition) is 4. The number of furan rings is 1. The lowest BCUT2D eigenvalue weighted by atomic mass is 9.94. The lowest BCUT2D eigenvalue weighted by Crippen LogP contribution is -2.17. The second kappa shape index (κ2) is 10.1. The standard InChI is InChI=1S/C30H30N2O4/c1-6-35-28-20(5)29-24(25(16-36-29)21-12-11-17(2)13-18(21)3)15-23(28)19(4)14-27(33)32-26-10-8-7-9-22(26)30(31)34/h7-16H,6H2,1-5H3,(H2,31,34)(H,32,33)/b19-14+. The van der Waals surface area contributed by atoms with Gasteiger partial charge in [-0.15, -0.1) is 0 Å². The first-order valence-corrected chi connectivity index (χ1v) is 11.8. The third-order valence-corrected chi connectivity index (χ3v) is 6.23. The van der Waals surface area contributed by atoms with Crippen LogP contribution < -0.4 is 15.8 Å². The summed E-state index contributed by atoms with van der Waals surface area (Å²) in [6.07, 6.45) is 3.28. The number of primary amides is 1. The molecule has 2 amide bonds. The molecule has 4 aromatic rings. The maximum atomic E-state index is 12.9. The Morgan fingerprint density at radius 2 is 1.78 bits per heavy atom. The molecule has 184 valence electrons. The monoisotopic (exact) mass is 482 g/mol. The van der Waals surface area contributed by atoms with E-state index in [2.05, 4.69) is 37.4 Å². The van der Waals surface area contributed by atoms with Crippen LogP contribution >= 0.6 is 0 Å². The summed E-state index contributed by atoms with van der Waals surface area (Å²) in [7, 11) is 0. The van der Waals surface area contributed by atoms with Crippen molar-refractivity contribution in [1.82, 2.24) is 0 Å². The number of ether oxygens (including phenoxy) is 1. The molecular weight excluding hydrogens is 452 g/mol. The Hall–Kier alpha value is -4.32. The molecule has 0 fully saturated rings. The van der Waals surface area contributed by atoms with E-state index in [0.29, 0.717) is 23.6 Å². The highest BCUT2D eigenvalue weighted by molar-refractivity contribution is 6.09. The van der Waals surface area contributed by atoms with E-state index >= 15 is 0 Å². The molecule has 3 aromatic carbocycles. The van der Waals surface area contributed by atoms with E-state index in [1.165, 1.54) is 11.6 Å². The van der Waals surface area contributed by atoms with Crippen molar-refractivity contribution in [3.63, 3.8) is 0 Å². The summed E-state index contributed by atoms with van der Waals surface area (Å²) < 4.78 is 12.0. The summed E-state index contributed by atoms with van der Waals surface area (Å²) >= 11 is 0. The topological polar surface area (TPSA) is 94.6 Å². The summed E-state index contributed by atoms with van der Waals surface area (Å²) in [6.45, 7) is 10.4. The molecule has 0 spiro atoms. The van der Waals surface area contributed by atoms with E-state index in [1.54, 1.807) is 30.5 Å². The van der Waals surface area contributed by atoms with Gasteiger partial charge >= 0.3 is 0 Å². The van der Waals surface area contributed by atoms with E-state index in [-0.39, 0.29) is 11.5 Å². The SMILES string of the molecule is CCOc1c(/C(C)=C/C(=O)Nc2ccccc2C(N)=O)cc2c(-c3ccc(C)cc3C)coc2c1C. The van der Waals surface area contributed by atoms with Crippen molar-refractivity contribution in [2.45, 2.75) is 34.6 Å². The van der Waals surface area contributed by atoms with E-state index in [0.717, 1.165) is 38.8 Å². The van der Waals surface area contributed by atoms with Crippen LogP contribution in [0.2, 0.25) is 0 Å². The van der Waals surface area contributed by atoms with Gasteiger partial charge in [0.2, 0.25) is 5.91 Å². The lowest BCUT2D eigenvalue weighted by molar-refractivity contribution is -0.111. The Balaban J connectivity index is 1.80. The van der Waals surface area contributed by atoms with Gasteiger partial charge in [-0.2, -0.15) is 0 Å². The summed E-state index contributed by atoms with van der Waals surface area (Å²) in [5.41, 5.74) is 13.6. The second-order valence-electron chi connectivity index (χ2n) is 8.88. The minimum absolute atomic E-state index is 0.251. The van der Waals surface area contributed by atoms with Gasteiger partial charge in [-0.1, -0.05) is 35.9 Å². The molecule has 0 saturated carbocycles. The molecule has 0 radical (unpaired) electrons. The van der Waals surface area contributed by atoms with Crippen LogP contribution in [-0.2, 0) is 4.79 Å². The van der Waals surface area contributed by atoms with Crippen LogP contribution in [0.15, 0.2) is 65.3 Å². The fourth-order valence-corrected chi connectivity index (χ4v) is 4.51. The van der Waals surface area contributed by atoms with Gasteiger partial charge in [-0.25, -0.2) is 0 Å². The molecule has 1 heterocycles. The zero-order valence-electron chi connectivity index (χ0n) is 21.2. The number of benzene rings is 3. The third-order valence-electron chi connectivity index (χ3n) is 6.23. The number of aryl methyl sites for hydroxylation is 3. The van der Waals surface area contributed by atoms with Crippen LogP contribution in [0.3, 0.4) is 0 Å². The maximum absolute atomic E-state index is 12.9. The van der Waals surface area contributed by atoms with Crippen molar-refractivity contribution in [3.8, 4) is 16.9 Å². The third kappa shape index (κ3) is 4.75. The number of hydrogen-bond donors (Lipinski definition) is 2. The highest BCUT2D eigenvalue weighted by Gasteiger charge is 2.20. The van der Waals surface area contributed by atoms with Gasteiger partial charge in [0.25, 0.3) is 5.91 Å². The van der Waals surface area contributed by atoms with Crippen LogP contribution in [0.5, 0.6) is 5.75 Å². The molecular formula is C30H30N2O4. The largest absolute Gasteiger partial charge is 0.493 e. The van der Waals surface area contributed by atoms with E-state index in [9.17, 15) is 9.59 Å². The molecule has 0 atom stereocenters. The molecule has 6 heteroatoms. The van der Waals surface area contributed by atoms with Gasteiger partial charge < -0.3 is 20.2 Å². The predicted molar refractivity (Wildman–Crippen MR) is 144 cm³/mol. The zero-order chi connectivity index (χ0) is 26.0. The summed E-state index contributed by atoms with van der Waals surface area (Å²) in [5, 5.41) is 3.71. The Labute approximate surface area is 210 Å². The lowest BCUT2D eigenvalue weighted by Gasteiger charge is -2.15. The van der Waals surface area contributed by atoms with E-state index < -0.39 is 5.91 Å². The number of carbonyl (C=O) groups is 2. The summed E-state index contributed by atoms with van der Waals surface area (Å²) in [5.74, 6) is -0.306. The van der Waals surface area contributed by atoms with Crippen molar-refractivity contribution >= 4 is 34.0 Å². The minimum Gasteiger partial charge on any atom is -0.493 e. The number of amides is 2. The van der Waals surface area contributed by atoms with E-state index in [1.807, 2.05) is 26.8 Å². The van der Waals surface area contributed by atoms with Crippen molar-refractivity contribution < 1.29 is 18.7 Å². The van der Waals surface area contributed by atoms with Crippen molar-refractivity contribution in [2.75, 3.05) is 11.9 Å². The molecule has 0 aliphatic carbocycles.